The lowest BCUT2D eigenvalue weighted by Gasteiger charge is -2.12. The van der Waals surface area contributed by atoms with Gasteiger partial charge in [0.15, 0.2) is 17.3 Å². The molecule has 0 aliphatic carbocycles. The Bertz CT molecular complexity index is 1080. The van der Waals surface area contributed by atoms with Crippen LogP contribution in [0.3, 0.4) is 0 Å². The van der Waals surface area contributed by atoms with Crippen molar-refractivity contribution in [2.75, 3.05) is 21.3 Å². The summed E-state index contributed by atoms with van der Waals surface area (Å²) in [6.07, 6.45) is 1.72. The van der Waals surface area contributed by atoms with Gasteiger partial charge < -0.3 is 18.9 Å². The SMILES string of the molecule is COc1cc(/C=N/n2c(-c3cccc(OC(C)C)c3)n[nH]c2=S)cc(OC)c1OC. The number of hydrogen-bond donors (Lipinski definition) is 1. The minimum atomic E-state index is 0.0686. The lowest BCUT2D eigenvalue weighted by Crippen LogP contribution is -2.05. The van der Waals surface area contributed by atoms with Gasteiger partial charge in [-0.25, -0.2) is 5.10 Å². The molecule has 0 aliphatic heterocycles. The summed E-state index contributed by atoms with van der Waals surface area (Å²) in [4.78, 5) is 0. The van der Waals surface area contributed by atoms with E-state index in [0.29, 0.717) is 27.8 Å². The van der Waals surface area contributed by atoms with E-state index in [-0.39, 0.29) is 6.10 Å². The molecule has 3 aromatic rings. The van der Waals surface area contributed by atoms with Gasteiger partial charge in [0.25, 0.3) is 0 Å². The van der Waals surface area contributed by atoms with E-state index in [1.807, 2.05) is 38.1 Å². The van der Waals surface area contributed by atoms with Crippen molar-refractivity contribution in [1.82, 2.24) is 14.9 Å². The molecule has 0 fully saturated rings. The molecule has 1 aromatic heterocycles. The molecule has 158 valence electrons. The van der Waals surface area contributed by atoms with Crippen molar-refractivity contribution in [3.8, 4) is 34.4 Å². The van der Waals surface area contributed by atoms with Crippen molar-refractivity contribution in [2.24, 2.45) is 5.10 Å². The summed E-state index contributed by atoms with van der Waals surface area (Å²) in [7, 11) is 4.69. The van der Waals surface area contributed by atoms with Crippen molar-refractivity contribution in [3.05, 3.63) is 46.7 Å². The van der Waals surface area contributed by atoms with Crippen LogP contribution in [0, 0.1) is 4.77 Å². The second-order valence-corrected chi connectivity index (χ2v) is 6.95. The minimum absolute atomic E-state index is 0.0686. The molecule has 0 atom stereocenters. The largest absolute Gasteiger partial charge is 0.493 e. The molecular formula is C21H24N4O4S. The maximum atomic E-state index is 5.77. The lowest BCUT2D eigenvalue weighted by atomic mass is 10.2. The van der Waals surface area contributed by atoms with Crippen LogP contribution in [0.5, 0.6) is 23.0 Å². The smallest absolute Gasteiger partial charge is 0.216 e. The van der Waals surface area contributed by atoms with Crippen molar-refractivity contribution in [3.63, 3.8) is 0 Å². The zero-order valence-electron chi connectivity index (χ0n) is 17.5. The van der Waals surface area contributed by atoms with Gasteiger partial charge in [0.05, 0.1) is 33.6 Å². The summed E-state index contributed by atoms with van der Waals surface area (Å²) in [5.41, 5.74) is 1.57. The standard InChI is InChI=1S/C21H24N4O4S/c1-13(2)29-16-8-6-7-15(11-16)20-23-24-21(30)25(20)22-12-14-9-17(26-3)19(28-5)18(10-14)27-4/h6-13H,1-5H3,(H,24,30)/b22-12+. The molecule has 0 radical (unpaired) electrons. The minimum Gasteiger partial charge on any atom is -0.493 e. The number of benzene rings is 2. The second-order valence-electron chi connectivity index (χ2n) is 6.56. The average molecular weight is 429 g/mol. The third-order valence-electron chi connectivity index (χ3n) is 4.12. The van der Waals surface area contributed by atoms with Crippen LogP contribution in [-0.4, -0.2) is 48.5 Å². The molecule has 3 rings (SSSR count). The van der Waals surface area contributed by atoms with Crippen LogP contribution < -0.4 is 18.9 Å². The number of rotatable bonds is 8. The van der Waals surface area contributed by atoms with E-state index in [0.717, 1.165) is 16.9 Å². The number of aromatic amines is 1. The van der Waals surface area contributed by atoms with E-state index < -0.39 is 0 Å². The van der Waals surface area contributed by atoms with Crippen LogP contribution in [0.2, 0.25) is 0 Å². The molecular weight excluding hydrogens is 404 g/mol. The van der Waals surface area contributed by atoms with Gasteiger partial charge in [-0.2, -0.15) is 14.9 Å². The Morgan fingerprint density at radius 2 is 1.77 bits per heavy atom. The summed E-state index contributed by atoms with van der Waals surface area (Å²) in [5, 5.41) is 11.6. The molecule has 30 heavy (non-hydrogen) atoms. The van der Waals surface area contributed by atoms with Gasteiger partial charge in [-0.1, -0.05) is 12.1 Å². The van der Waals surface area contributed by atoms with E-state index in [4.69, 9.17) is 31.2 Å². The van der Waals surface area contributed by atoms with E-state index in [1.54, 1.807) is 44.4 Å². The molecule has 0 aliphatic rings. The Kier molecular flexibility index (Phi) is 6.73. The van der Waals surface area contributed by atoms with E-state index >= 15 is 0 Å². The normalized spacial score (nSPS) is 11.1. The highest BCUT2D eigenvalue weighted by molar-refractivity contribution is 7.71. The van der Waals surface area contributed by atoms with Gasteiger partial charge in [-0.15, -0.1) is 0 Å². The molecule has 0 amide bonds. The fraction of sp³-hybridized carbons (Fsp3) is 0.286. The van der Waals surface area contributed by atoms with Gasteiger partial charge >= 0.3 is 0 Å². The first-order valence-electron chi connectivity index (χ1n) is 9.25. The third-order valence-corrected chi connectivity index (χ3v) is 4.39. The highest BCUT2D eigenvalue weighted by Crippen LogP contribution is 2.37. The van der Waals surface area contributed by atoms with Gasteiger partial charge in [0.2, 0.25) is 10.5 Å². The number of hydrogen-bond acceptors (Lipinski definition) is 7. The van der Waals surface area contributed by atoms with E-state index in [1.165, 1.54) is 0 Å². The van der Waals surface area contributed by atoms with E-state index in [9.17, 15) is 0 Å². The summed E-state index contributed by atoms with van der Waals surface area (Å²) in [5.74, 6) is 2.90. The predicted octanol–water partition coefficient (Wildman–Crippen LogP) is 4.30. The van der Waals surface area contributed by atoms with Crippen LogP contribution in [-0.2, 0) is 0 Å². The molecule has 9 heteroatoms. The molecule has 0 unspecified atom stereocenters. The van der Waals surface area contributed by atoms with Crippen LogP contribution >= 0.6 is 12.2 Å². The topological polar surface area (TPSA) is 82.9 Å². The molecule has 8 nitrogen and oxygen atoms in total. The lowest BCUT2D eigenvalue weighted by molar-refractivity contribution is 0.242. The first-order valence-corrected chi connectivity index (χ1v) is 9.66. The zero-order valence-corrected chi connectivity index (χ0v) is 18.3. The Labute approximate surface area is 180 Å². The second kappa shape index (κ2) is 9.45. The quantitative estimate of drug-likeness (QED) is 0.425. The summed E-state index contributed by atoms with van der Waals surface area (Å²) in [6.45, 7) is 3.95. The van der Waals surface area contributed by atoms with Crippen LogP contribution in [0.25, 0.3) is 11.4 Å². The van der Waals surface area contributed by atoms with Crippen molar-refractivity contribution < 1.29 is 18.9 Å². The highest BCUT2D eigenvalue weighted by atomic mass is 32.1. The van der Waals surface area contributed by atoms with Crippen molar-refractivity contribution in [1.29, 1.82) is 0 Å². The first kappa shape index (κ1) is 21.4. The molecule has 0 spiro atoms. The molecule has 0 saturated heterocycles. The predicted molar refractivity (Wildman–Crippen MR) is 118 cm³/mol. The maximum absolute atomic E-state index is 5.77. The van der Waals surface area contributed by atoms with Crippen molar-refractivity contribution >= 4 is 18.4 Å². The third kappa shape index (κ3) is 4.62. The van der Waals surface area contributed by atoms with Crippen LogP contribution in [0.1, 0.15) is 19.4 Å². The Hall–Kier alpha value is -3.33. The number of methoxy groups -OCH3 is 3. The number of nitrogens with one attached hydrogen (secondary N) is 1. The van der Waals surface area contributed by atoms with Gasteiger partial charge in [0.1, 0.15) is 5.75 Å². The van der Waals surface area contributed by atoms with Gasteiger partial charge in [0, 0.05) is 11.1 Å². The van der Waals surface area contributed by atoms with Gasteiger partial charge in [-0.3, -0.25) is 0 Å². The van der Waals surface area contributed by atoms with Crippen molar-refractivity contribution in [2.45, 2.75) is 20.0 Å². The summed E-state index contributed by atoms with van der Waals surface area (Å²) in [6, 6.07) is 11.2. The first-order chi connectivity index (χ1) is 14.5. The summed E-state index contributed by atoms with van der Waals surface area (Å²) >= 11 is 5.36. The molecule has 1 heterocycles. The van der Waals surface area contributed by atoms with Crippen LogP contribution in [0.4, 0.5) is 0 Å². The average Bonchev–Trinajstić information content (AvgIpc) is 3.11. The number of ether oxygens (including phenoxy) is 4. The number of aromatic nitrogens is 3. The molecule has 0 saturated carbocycles. The number of nitrogens with zero attached hydrogens (tertiary/aromatic N) is 3. The van der Waals surface area contributed by atoms with Gasteiger partial charge in [-0.05, 0) is 50.3 Å². The Morgan fingerprint density at radius 3 is 2.37 bits per heavy atom. The Morgan fingerprint density at radius 1 is 1.07 bits per heavy atom. The fourth-order valence-corrected chi connectivity index (χ4v) is 3.05. The Balaban J connectivity index is 1.99. The summed E-state index contributed by atoms with van der Waals surface area (Å²) < 4.78 is 23.8. The fourth-order valence-electron chi connectivity index (χ4n) is 2.87. The highest BCUT2D eigenvalue weighted by Gasteiger charge is 2.13. The maximum Gasteiger partial charge on any atom is 0.216 e. The van der Waals surface area contributed by atoms with E-state index in [2.05, 4.69) is 15.3 Å². The number of H-pyrrole nitrogens is 1. The molecule has 1 N–H and O–H groups in total. The molecule has 0 bridgehead atoms. The molecule has 2 aromatic carbocycles. The van der Waals surface area contributed by atoms with Crippen LogP contribution in [0.15, 0.2) is 41.5 Å². The monoisotopic (exact) mass is 428 g/mol. The zero-order chi connectivity index (χ0) is 21.7.